The lowest BCUT2D eigenvalue weighted by atomic mass is 9.92. The summed E-state index contributed by atoms with van der Waals surface area (Å²) in [6.45, 7) is 6.52. The molecule has 0 spiro atoms. The predicted molar refractivity (Wildman–Crippen MR) is 56.6 cm³/mol. The Morgan fingerprint density at radius 3 is 2.85 bits per heavy atom. The summed E-state index contributed by atoms with van der Waals surface area (Å²) in [5.41, 5.74) is 1.39. The van der Waals surface area contributed by atoms with E-state index in [0.29, 0.717) is 0 Å². The second-order valence-electron chi connectivity index (χ2n) is 4.31. The van der Waals surface area contributed by atoms with Gasteiger partial charge in [0.2, 0.25) is 0 Å². The van der Waals surface area contributed by atoms with Crippen molar-refractivity contribution in [2.24, 2.45) is 5.41 Å². The zero-order chi connectivity index (χ0) is 9.47. The SMILES string of the molecule is Cc1cc2c([nH]1)=CC=CC(C)(C)C=2. The summed E-state index contributed by atoms with van der Waals surface area (Å²) in [6, 6.07) is 2.20. The molecular formula is C12H15N. The molecule has 0 amide bonds. The minimum atomic E-state index is 0.163. The van der Waals surface area contributed by atoms with Gasteiger partial charge in [-0.3, -0.25) is 0 Å². The number of allylic oxidation sites excluding steroid dienone is 2. The molecule has 1 heterocycles. The first-order valence-electron chi connectivity index (χ1n) is 4.65. The van der Waals surface area contributed by atoms with Gasteiger partial charge < -0.3 is 4.98 Å². The van der Waals surface area contributed by atoms with E-state index < -0.39 is 0 Å². The summed E-state index contributed by atoms with van der Waals surface area (Å²) >= 11 is 0. The Morgan fingerprint density at radius 2 is 2.08 bits per heavy atom. The number of aromatic amines is 1. The third-order valence-electron chi connectivity index (χ3n) is 2.33. The molecule has 0 aromatic carbocycles. The lowest BCUT2D eigenvalue weighted by molar-refractivity contribution is 0.671. The van der Waals surface area contributed by atoms with Gasteiger partial charge >= 0.3 is 0 Å². The first-order valence-corrected chi connectivity index (χ1v) is 4.65. The van der Waals surface area contributed by atoms with Gasteiger partial charge in [-0.05, 0) is 24.3 Å². The van der Waals surface area contributed by atoms with Gasteiger partial charge in [0, 0.05) is 16.5 Å². The second-order valence-corrected chi connectivity index (χ2v) is 4.31. The van der Waals surface area contributed by atoms with E-state index in [1.807, 2.05) is 0 Å². The van der Waals surface area contributed by atoms with Crippen LogP contribution in [0.3, 0.4) is 0 Å². The Labute approximate surface area is 78.5 Å². The van der Waals surface area contributed by atoms with Crippen molar-refractivity contribution in [3.63, 3.8) is 0 Å². The summed E-state index contributed by atoms with van der Waals surface area (Å²) < 4.78 is 0. The molecule has 2 rings (SSSR count). The number of aromatic nitrogens is 1. The number of fused-ring (bicyclic) bond motifs is 1. The molecule has 1 N–H and O–H groups in total. The first-order chi connectivity index (χ1) is 6.07. The fourth-order valence-electron chi connectivity index (χ4n) is 1.73. The molecule has 1 aromatic rings. The Morgan fingerprint density at radius 1 is 1.31 bits per heavy atom. The molecule has 0 fully saturated rings. The molecule has 1 nitrogen and oxygen atoms in total. The maximum absolute atomic E-state index is 3.34. The predicted octanol–water partition coefficient (Wildman–Crippen LogP) is 1.48. The van der Waals surface area contributed by atoms with Crippen LogP contribution < -0.4 is 10.6 Å². The largest absolute Gasteiger partial charge is 0.359 e. The summed E-state index contributed by atoms with van der Waals surface area (Å²) in [4.78, 5) is 3.34. The maximum atomic E-state index is 3.34. The van der Waals surface area contributed by atoms with Gasteiger partial charge in [0.15, 0.2) is 0 Å². The van der Waals surface area contributed by atoms with Crippen LogP contribution in [0.25, 0.3) is 12.2 Å². The number of aryl methyl sites for hydroxylation is 1. The van der Waals surface area contributed by atoms with Gasteiger partial charge in [0.25, 0.3) is 0 Å². The molecule has 0 saturated carbocycles. The molecule has 1 aliphatic carbocycles. The van der Waals surface area contributed by atoms with Gasteiger partial charge in [-0.15, -0.1) is 0 Å². The normalized spacial score (nSPS) is 18.4. The lowest BCUT2D eigenvalue weighted by Gasteiger charge is -2.12. The quantitative estimate of drug-likeness (QED) is 0.611. The molecule has 0 aliphatic heterocycles. The summed E-state index contributed by atoms with van der Waals surface area (Å²) in [5.74, 6) is 0. The second kappa shape index (κ2) is 2.63. The lowest BCUT2D eigenvalue weighted by Crippen LogP contribution is -2.23. The molecule has 0 saturated heterocycles. The van der Waals surface area contributed by atoms with E-state index in [9.17, 15) is 0 Å². The zero-order valence-electron chi connectivity index (χ0n) is 8.39. The molecule has 1 aliphatic rings. The van der Waals surface area contributed by atoms with Crippen LogP contribution in [0.5, 0.6) is 0 Å². The molecular weight excluding hydrogens is 158 g/mol. The van der Waals surface area contributed by atoms with Crippen molar-refractivity contribution in [1.82, 2.24) is 4.98 Å². The van der Waals surface area contributed by atoms with Crippen molar-refractivity contribution in [1.29, 1.82) is 0 Å². The molecule has 0 atom stereocenters. The Bertz CT molecular complexity index is 458. The minimum Gasteiger partial charge on any atom is -0.359 e. The van der Waals surface area contributed by atoms with Gasteiger partial charge in [-0.2, -0.15) is 0 Å². The van der Waals surface area contributed by atoms with Crippen LogP contribution in [0.2, 0.25) is 0 Å². The number of nitrogens with one attached hydrogen (secondary N) is 1. The fraction of sp³-hybridized carbons (Fsp3) is 0.333. The first kappa shape index (κ1) is 8.36. The van der Waals surface area contributed by atoms with Gasteiger partial charge in [0.1, 0.15) is 0 Å². The van der Waals surface area contributed by atoms with E-state index in [-0.39, 0.29) is 5.41 Å². The third kappa shape index (κ3) is 1.59. The standard InChI is InChI=1S/C12H15N/c1-9-7-10-8-12(2,3)6-4-5-11(10)13-9/h4-8,13H,1-3H3. The average molecular weight is 173 g/mol. The van der Waals surface area contributed by atoms with Crippen molar-refractivity contribution in [3.05, 3.63) is 34.5 Å². The topological polar surface area (TPSA) is 15.8 Å². The van der Waals surface area contributed by atoms with E-state index >= 15 is 0 Å². The molecule has 0 radical (unpaired) electrons. The summed E-state index contributed by atoms with van der Waals surface area (Å²) in [5, 5.41) is 2.53. The zero-order valence-corrected chi connectivity index (χ0v) is 8.39. The number of H-pyrrole nitrogens is 1. The third-order valence-corrected chi connectivity index (χ3v) is 2.33. The smallest absolute Gasteiger partial charge is 0.0452 e. The van der Waals surface area contributed by atoms with Crippen LogP contribution in [0.4, 0.5) is 0 Å². The molecule has 1 aromatic heterocycles. The highest BCUT2D eigenvalue weighted by Crippen LogP contribution is 2.19. The molecule has 68 valence electrons. The Balaban J connectivity index is 2.76. The highest BCUT2D eigenvalue weighted by molar-refractivity contribution is 5.47. The van der Waals surface area contributed by atoms with Crippen molar-refractivity contribution in [2.75, 3.05) is 0 Å². The minimum absolute atomic E-state index is 0.163. The Hall–Kier alpha value is -1.24. The van der Waals surface area contributed by atoms with Crippen molar-refractivity contribution in [3.8, 4) is 0 Å². The monoisotopic (exact) mass is 173 g/mol. The van der Waals surface area contributed by atoms with Crippen LogP contribution in [-0.2, 0) is 0 Å². The van der Waals surface area contributed by atoms with Crippen molar-refractivity contribution < 1.29 is 0 Å². The van der Waals surface area contributed by atoms with Crippen LogP contribution in [0.1, 0.15) is 19.5 Å². The van der Waals surface area contributed by atoms with E-state index in [0.717, 1.165) is 0 Å². The maximum Gasteiger partial charge on any atom is 0.0452 e. The van der Waals surface area contributed by atoms with E-state index in [4.69, 9.17) is 0 Å². The number of hydrogen-bond acceptors (Lipinski definition) is 0. The van der Waals surface area contributed by atoms with Crippen LogP contribution in [-0.4, -0.2) is 4.98 Å². The Kier molecular flexibility index (Phi) is 1.69. The van der Waals surface area contributed by atoms with Crippen molar-refractivity contribution >= 4 is 12.2 Å². The highest BCUT2D eigenvalue weighted by atomic mass is 14.7. The average Bonchev–Trinajstić information content (AvgIpc) is 2.23. The number of rotatable bonds is 0. The molecule has 1 heteroatoms. The van der Waals surface area contributed by atoms with Gasteiger partial charge in [0.05, 0.1) is 0 Å². The fourth-order valence-corrected chi connectivity index (χ4v) is 1.73. The molecule has 13 heavy (non-hydrogen) atoms. The summed E-state index contributed by atoms with van der Waals surface area (Å²) in [6.07, 6.45) is 8.77. The van der Waals surface area contributed by atoms with Crippen LogP contribution in [0.15, 0.2) is 18.2 Å². The van der Waals surface area contributed by atoms with E-state index in [2.05, 4.69) is 56.1 Å². The number of hydrogen-bond donors (Lipinski definition) is 1. The summed E-state index contributed by atoms with van der Waals surface area (Å²) in [7, 11) is 0. The molecule has 0 unspecified atom stereocenters. The van der Waals surface area contributed by atoms with Crippen LogP contribution in [0, 0.1) is 12.3 Å². The van der Waals surface area contributed by atoms with Gasteiger partial charge in [-0.1, -0.05) is 32.1 Å². The van der Waals surface area contributed by atoms with Gasteiger partial charge in [-0.25, -0.2) is 0 Å². The van der Waals surface area contributed by atoms with Crippen LogP contribution >= 0.6 is 0 Å². The molecule has 0 bridgehead atoms. The van der Waals surface area contributed by atoms with Crippen molar-refractivity contribution in [2.45, 2.75) is 20.8 Å². The highest BCUT2D eigenvalue weighted by Gasteiger charge is 2.10. The van der Waals surface area contributed by atoms with E-state index in [1.54, 1.807) is 0 Å². The van der Waals surface area contributed by atoms with E-state index in [1.165, 1.54) is 16.3 Å².